The summed E-state index contributed by atoms with van der Waals surface area (Å²) >= 11 is 3.45. The van der Waals surface area contributed by atoms with Gasteiger partial charge < -0.3 is 14.6 Å². The monoisotopic (exact) mass is 433 g/mol. The van der Waals surface area contributed by atoms with Crippen LogP contribution in [-0.2, 0) is 10.3 Å². The summed E-state index contributed by atoms with van der Waals surface area (Å²) in [6, 6.07) is 5.67. The van der Waals surface area contributed by atoms with Crippen molar-refractivity contribution in [2.75, 3.05) is 7.11 Å². The molecule has 1 amide bonds. The average molecular weight is 434 g/mol. The molecule has 0 spiro atoms. The minimum atomic E-state index is -0.572. The summed E-state index contributed by atoms with van der Waals surface area (Å²) in [6.45, 7) is 1.77. The molecule has 1 fully saturated rings. The van der Waals surface area contributed by atoms with Crippen LogP contribution in [0.15, 0.2) is 33.3 Å². The molecule has 1 aliphatic carbocycles. The number of nitrogens with one attached hydrogen (secondary N) is 1. The van der Waals surface area contributed by atoms with Crippen LogP contribution in [0.2, 0.25) is 0 Å². The number of hydrogen-bond donors (Lipinski definition) is 1. The van der Waals surface area contributed by atoms with Gasteiger partial charge in [0.1, 0.15) is 11.3 Å². The zero-order chi connectivity index (χ0) is 19.3. The Morgan fingerprint density at radius 3 is 2.67 bits per heavy atom. The van der Waals surface area contributed by atoms with E-state index < -0.39 is 5.54 Å². The Kier molecular flexibility index (Phi) is 6.31. The lowest BCUT2D eigenvalue weighted by molar-refractivity contribution is -0.118. The maximum Gasteiger partial charge on any atom is 0.244 e. The van der Waals surface area contributed by atoms with Gasteiger partial charge in [-0.2, -0.15) is 4.98 Å². The van der Waals surface area contributed by atoms with Crippen molar-refractivity contribution in [2.24, 2.45) is 0 Å². The highest BCUT2D eigenvalue weighted by molar-refractivity contribution is 9.10. The number of hydrogen-bond acceptors (Lipinski definition) is 5. The van der Waals surface area contributed by atoms with E-state index in [1.807, 2.05) is 18.2 Å². The average Bonchev–Trinajstić information content (AvgIpc) is 2.96. The molecule has 0 atom stereocenters. The lowest BCUT2D eigenvalue weighted by Crippen LogP contribution is -2.45. The molecule has 0 saturated heterocycles. The first-order chi connectivity index (χ1) is 13.0. The maximum atomic E-state index is 12.7. The molecule has 1 aliphatic rings. The molecule has 7 heteroatoms. The maximum absolute atomic E-state index is 12.7. The zero-order valence-corrected chi connectivity index (χ0v) is 17.2. The number of carbonyl (C=O) groups is 1. The lowest BCUT2D eigenvalue weighted by atomic mass is 9.89. The molecule has 6 nitrogen and oxygen atoms in total. The number of halogens is 1. The largest absolute Gasteiger partial charge is 0.496 e. The first kappa shape index (κ1) is 19.6. The van der Waals surface area contributed by atoms with Gasteiger partial charge in [0, 0.05) is 23.0 Å². The number of methoxy groups -OCH3 is 1. The van der Waals surface area contributed by atoms with E-state index in [-0.39, 0.29) is 5.91 Å². The smallest absolute Gasteiger partial charge is 0.244 e. The Morgan fingerprint density at radius 1 is 1.30 bits per heavy atom. The first-order valence-corrected chi connectivity index (χ1v) is 9.96. The van der Waals surface area contributed by atoms with Crippen molar-refractivity contribution in [1.29, 1.82) is 0 Å². The van der Waals surface area contributed by atoms with Crippen molar-refractivity contribution < 1.29 is 14.1 Å². The van der Waals surface area contributed by atoms with Crippen LogP contribution in [0.1, 0.15) is 55.8 Å². The molecule has 2 aromatic rings. The van der Waals surface area contributed by atoms with Gasteiger partial charge in [0.25, 0.3) is 0 Å². The van der Waals surface area contributed by atoms with Crippen LogP contribution in [0.3, 0.4) is 0 Å². The first-order valence-electron chi connectivity index (χ1n) is 9.17. The van der Waals surface area contributed by atoms with Gasteiger partial charge in [-0.25, -0.2) is 0 Å². The fourth-order valence-electron chi connectivity index (χ4n) is 3.51. The molecule has 1 N–H and O–H groups in total. The SMILES string of the molecule is COc1ccc(Br)cc1/C=C/C(=O)NC1(c2noc(C)n2)CCCCCC1. The summed E-state index contributed by atoms with van der Waals surface area (Å²) < 4.78 is 11.5. The van der Waals surface area contributed by atoms with Crippen LogP contribution in [0, 0.1) is 6.92 Å². The van der Waals surface area contributed by atoms with E-state index in [2.05, 4.69) is 31.4 Å². The number of aromatic nitrogens is 2. The highest BCUT2D eigenvalue weighted by atomic mass is 79.9. The molecule has 3 rings (SSSR count). The number of aryl methyl sites for hydroxylation is 1. The molecule has 1 saturated carbocycles. The fourth-order valence-corrected chi connectivity index (χ4v) is 3.89. The molecule has 1 aromatic carbocycles. The van der Waals surface area contributed by atoms with Crippen molar-refractivity contribution in [3.05, 3.63) is 46.0 Å². The van der Waals surface area contributed by atoms with Gasteiger partial charge in [-0.05, 0) is 37.1 Å². The molecular weight excluding hydrogens is 410 g/mol. The van der Waals surface area contributed by atoms with E-state index in [1.54, 1.807) is 20.1 Å². The predicted octanol–water partition coefficient (Wildman–Crippen LogP) is 4.53. The molecule has 1 heterocycles. The standard InChI is InChI=1S/C20H24BrN3O3/c1-14-22-19(24-27-14)20(11-5-3-4-6-12-20)23-18(25)10-7-15-13-16(21)8-9-17(15)26-2/h7-10,13H,3-6,11-12H2,1-2H3,(H,23,25)/b10-7+. The van der Waals surface area contributed by atoms with Crippen molar-refractivity contribution in [3.63, 3.8) is 0 Å². The fraction of sp³-hybridized carbons (Fsp3) is 0.450. The molecule has 1 aromatic heterocycles. The van der Waals surface area contributed by atoms with E-state index in [9.17, 15) is 4.79 Å². The van der Waals surface area contributed by atoms with Gasteiger partial charge >= 0.3 is 0 Å². The summed E-state index contributed by atoms with van der Waals surface area (Å²) in [5.74, 6) is 1.61. The van der Waals surface area contributed by atoms with Crippen molar-refractivity contribution >= 4 is 27.9 Å². The van der Waals surface area contributed by atoms with Crippen LogP contribution in [0.5, 0.6) is 5.75 Å². The third kappa shape index (κ3) is 4.77. The van der Waals surface area contributed by atoms with E-state index in [0.717, 1.165) is 48.6 Å². The highest BCUT2D eigenvalue weighted by Gasteiger charge is 2.38. The Balaban J connectivity index is 1.82. The minimum absolute atomic E-state index is 0.179. The molecule has 0 radical (unpaired) electrons. The highest BCUT2D eigenvalue weighted by Crippen LogP contribution is 2.34. The lowest BCUT2D eigenvalue weighted by Gasteiger charge is -2.30. The molecule has 0 bridgehead atoms. The van der Waals surface area contributed by atoms with Crippen molar-refractivity contribution in [1.82, 2.24) is 15.5 Å². The third-order valence-corrected chi connectivity index (χ3v) is 5.37. The van der Waals surface area contributed by atoms with Crippen LogP contribution in [-0.4, -0.2) is 23.2 Å². The molecule has 27 heavy (non-hydrogen) atoms. The van der Waals surface area contributed by atoms with Gasteiger partial charge in [-0.1, -0.05) is 46.8 Å². The van der Waals surface area contributed by atoms with Crippen LogP contribution in [0.25, 0.3) is 6.08 Å². The van der Waals surface area contributed by atoms with Crippen LogP contribution >= 0.6 is 15.9 Å². The third-order valence-electron chi connectivity index (χ3n) is 4.88. The quantitative estimate of drug-likeness (QED) is 0.553. The molecular formula is C20H24BrN3O3. The second kappa shape index (κ2) is 8.69. The number of amides is 1. The summed E-state index contributed by atoms with van der Waals surface area (Å²) in [4.78, 5) is 17.1. The van der Waals surface area contributed by atoms with Crippen molar-refractivity contribution in [2.45, 2.75) is 51.0 Å². The summed E-state index contributed by atoms with van der Waals surface area (Å²) in [7, 11) is 1.61. The number of carbonyl (C=O) groups excluding carboxylic acids is 1. The second-order valence-corrected chi connectivity index (χ2v) is 7.76. The molecule has 0 aliphatic heterocycles. The number of rotatable bonds is 5. The summed E-state index contributed by atoms with van der Waals surface area (Å²) in [6.07, 6.45) is 9.26. The Morgan fingerprint density at radius 2 is 2.04 bits per heavy atom. The normalized spacial score (nSPS) is 16.9. The zero-order valence-electron chi connectivity index (χ0n) is 15.6. The number of nitrogens with zero attached hydrogens (tertiary/aromatic N) is 2. The predicted molar refractivity (Wildman–Crippen MR) is 106 cm³/mol. The van der Waals surface area contributed by atoms with Crippen LogP contribution < -0.4 is 10.1 Å². The number of benzene rings is 1. The topological polar surface area (TPSA) is 77.2 Å². The van der Waals surface area contributed by atoms with Gasteiger partial charge in [0.15, 0.2) is 5.82 Å². The summed E-state index contributed by atoms with van der Waals surface area (Å²) in [5.41, 5.74) is 0.254. The number of ether oxygens (including phenoxy) is 1. The van der Waals surface area contributed by atoms with E-state index in [0.29, 0.717) is 17.5 Å². The summed E-state index contributed by atoms with van der Waals surface area (Å²) in [5, 5.41) is 7.27. The van der Waals surface area contributed by atoms with Crippen molar-refractivity contribution in [3.8, 4) is 5.75 Å². The van der Waals surface area contributed by atoms with E-state index in [4.69, 9.17) is 9.26 Å². The Bertz CT molecular complexity index is 824. The Labute approximate surface area is 167 Å². The minimum Gasteiger partial charge on any atom is -0.496 e. The second-order valence-electron chi connectivity index (χ2n) is 6.84. The van der Waals surface area contributed by atoms with Gasteiger partial charge in [-0.15, -0.1) is 0 Å². The van der Waals surface area contributed by atoms with E-state index in [1.165, 1.54) is 6.08 Å². The van der Waals surface area contributed by atoms with Crippen LogP contribution in [0.4, 0.5) is 0 Å². The van der Waals surface area contributed by atoms with Gasteiger partial charge in [0.05, 0.1) is 7.11 Å². The molecule has 0 unspecified atom stereocenters. The van der Waals surface area contributed by atoms with Gasteiger partial charge in [-0.3, -0.25) is 4.79 Å². The van der Waals surface area contributed by atoms with Gasteiger partial charge in [0.2, 0.25) is 11.8 Å². The Hall–Kier alpha value is -2.15. The molecule has 144 valence electrons. The van der Waals surface area contributed by atoms with E-state index >= 15 is 0 Å².